The molecule has 2 amide bonds. The summed E-state index contributed by atoms with van der Waals surface area (Å²) in [4.78, 5) is 22.9. The molecule has 2 rings (SSSR count). The molecule has 1 saturated carbocycles. The summed E-state index contributed by atoms with van der Waals surface area (Å²) in [5.41, 5.74) is 1.22. The molecule has 1 fully saturated rings. The molecule has 1 aromatic carbocycles. The summed E-state index contributed by atoms with van der Waals surface area (Å²) in [6.45, 7) is 2.01. The molecule has 0 bridgehead atoms. The number of hydrogen-bond donors (Lipinski definition) is 2. The van der Waals surface area contributed by atoms with Crippen molar-refractivity contribution in [3.8, 4) is 5.75 Å². The monoisotopic (exact) mass is 276 g/mol. The van der Waals surface area contributed by atoms with Gasteiger partial charge in [0.1, 0.15) is 5.75 Å². The highest BCUT2D eigenvalue weighted by atomic mass is 16.5. The lowest BCUT2D eigenvalue weighted by atomic mass is 10.2. The summed E-state index contributed by atoms with van der Waals surface area (Å²) in [6.07, 6.45) is 3.05. The summed E-state index contributed by atoms with van der Waals surface area (Å²) < 4.78 is 5.35. The van der Waals surface area contributed by atoms with Crippen LogP contribution in [0.5, 0.6) is 5.75 Å². The van der Waals surface area contributed by atoms with Crippen molar-refractivity contribution in [2.75, 3.05) is 13.2 Å². The van der Waals surface area contributed by atoms with Crippen molar-refractivity contribution >= 4 is 11.8 Å². The van der Waals surface area contributed by atoms with Crippen LogP contribution in [0.4, 0.5) is 0 Å². The molecule has 5 heteroatoms. The first-order valence-corrected chi connectivity index (χ1v) is 6.95. The van der Waals surface area contributed by atoms with Crippen LogP contribution in [0.1, 0.15) is 25.3 Å². The molecule has 0 aliphatic heterocycles. The van der Waals surface area contributed by atoms with Gasteiger partial charge in [0, 0.05) is 6.04 Å². The number of hydrogen-bond acceptors (Lipinski definition) is 3. The Morgan fingerprint density at radius 1 is 1.20 bits per heavy atom. The SMILES string of the molecule is CCc1ccc(OCC(=O)NCC(=O)NC2CC2)cc1. The van der Waals surface area contributed by atoms with Crippen molar-refractivity contribution in [3.63, 3.8) is 0 Å². The highest BCUT2D eigenvalue weighted by Gasteiger charge is 2.23. The third-order valence-electron chi connectivity index (χ3n) is 3.09. The molecule has 0 heterocycles. The quantitative estimate of drug-likeness (QED) is 0.781. The Kier molecular flexibility index (Phi) is 4.98. The van der Waals surface area contributed by atoms with Gasteiger partial charge < -0.3 is 15.4 Å². The first kappa shape index (κ1) is 14.4. The van der Waals surface area contributed by atoms with Crippen molar-refractivity contribution in [1.82, 2.24) is 10.6 Å². The van der Waals surface area contributed by atoms with Crippen molar-refractivity contribution in [2.24, 2.45) is 0 Å². The van der Waals surface area contributed by atoms with Gasteiger partial charge in [-0.05, 0) is 37.0 Å². The smallest absolute Gasteiger partial charge is 0.258 e. The molecular weight excluding hydrogens is 256 g/mol. The lowest BCUT2D eigenvalue weighted by Crippen LogP contribution is -2.39. The fourth-order valence-corrected chi connectivity index (χ4v) is 1.71. The van der Waals surface area contributed by atoms with Crippen LogP contribution in [0.3, 0.4) is 0 Å². The predicted molar refractivity (Wildman–Crippen MR) is 75.5 cm³/mol. The fraction of sp³-hybridized carbons (Fsp3) is 0.467. The Balaban J connectivity index is 1.64. The van der Waals surface area contributed by atoms with Gasteiger partial charge in [0.25, 0.3) is 5.91 Å². The van der Waals surface area contributed by atoms with Crippen LogP contribution in [0.2, 0.25) is 0 Å². The first-order chi connectivity index (χ1) is 9.67. The van der Waals surface area contributed by atoms with Gasteiger partial charge in [0.15, 0.2) is 6.61 Å². The van der Waals surface area contributed by atoms with E-state index in [-0.39, 0.29) is 25.0 Å². The summed E-state index contributed by atoms with van der Waals surface area (Å²) >= 11 is 0. The lowest BCUT2D eigenvalue weighted by Gasteiger charge is -2.08. The van der Waals surface area contributed by atoms with Crippen LogP contribution in [-0.4, -0.2) is 31.0 Å². The summed E-state index contributed by atoms with van der Waals surface area (Å²) in [6, 6.07) is 7.93. The Morgan fingerprint density at radius 2 is 1.90 bits per heavy atom. The summed E-state index contributed by atoms with van der Waals surface area (Å²) in [7, 11) is 0. The molecule has 0 saturated heterocycles. The number of ether oxygens (including phenoxy) is 1. The summed E-state index contributed by atoms with van der Waals surface area (Å²) in [5.74, 6) is 0.212. The van der Waals surface area contributed by atoms with E-state index in [4.69, 9.17) is 4.74 Å². The maximum atomic E-state index is 11.5. The topological polar surface area (TPSA) is 67.4 Å². The van der Waals surface area contributed by atoms with E-state index in [0.717, 1.165) is 19.3 Å². The minimum Gasteiger partial charge on any atom is -0.484 e. The number of carbonyl (C=O) groups excluding carboxylic acids is 2. The van der Waals surface area contributed by atoms with Crippen LogP contribution >= 0.6 is 0 Å². The third-order valence-corrected chi connectivity index (χ3v) is 3.09. The van der Waals surface area contributed by atoms with Crippen LogP contribution in [0.15, 0.2) is 24.3 Å². The molecule has 0 atom stereocenters. The van der Waals surface area contributed by atoms with Crippen molar-refractivity contribution in [1.29, 1.82) is 0 Å². The molecule has 0 unspecified atom stereocenters. The minimum atomic E-state index is -0.296. The zero-order chi connectivity index (χ0) is 14.4. The third kappa shape index (κ3) is 4.91. The molecule has 5 nitrogen and oxygen atoms in total. The molecule has 0 radical (unpaired) electrons. The largest absolute Gasteiger partial charge is 0.484 e. The van der Waals surface area contributed by atoms with E-state index in [1.807, 2.05) is 24.3 Å². The fourth-order valence-electron chi connectivity index (χ4n) is 1.71. The van der Waals surface area contributed by atoms with Crippen molar-refractivity contribution in [2.45, 2.75) is 32.2 Å². The number of amides is 2. The average molecular weight is 276 g/mol. The van der Waals surface area contributed by atoms with E-state index >= 15 is 0 Å². The molecule has 2 N–H and O–H groups in total. The Labute approximate surface area is 118 Å². The van der Waals surface area contributed by atoms with Crippen LogP contribution in [-0.2, 0) is 16.0 Å². The molecule has 1 aliphatic carbocycles. The molecule has 0 aromatic heterocycles. The van der Waals surface area contributed by atoms with Crippen molar-refractivity contribution < 1.29 is 14.3 Å². The van der Waals surface area contributed by atoms with Gasteiger partial charge in [-0.15, -0.1) is 0 Å². The van der Waals surface area contributed by atoms with Crippen LogP contribution in [0, 0.1) is 0 Å². The second kappa shape index (κ2) is 6.93. The molecule has 108 valence electrons. The van der Waals surface area contributed by atoms with Gasteiger partial charge in [-0.1, -0.05) is 19.1 Å². The van der Waals surface area contributed by atoms with E-state index in [2.05, 4.69) is 17.6 Å². The maximum absolute atomic E-state index is 11.5. The minimum absolute atomic E-state index is 0.00741. The second-order valence-electron chi connectivity index (χ2n) is 4.90. The molecule has 1 aromatic rings. The number of aryl methyl sites for hydroxylation is 1. The van der Waals surface area contributed by atoms with Gasteiger partial charge in [-0.2, -0.15) is 0 Å². The highest BCUT2D eigenvalue weighted by molar-refractivity contribution is 5.85. The van der Waals surface area contributed by atoms with Crippen LogP contribution < -0.4 is 15.4 Å². The zero-order valence-corrected chi connectivity index (χ0v) is 11.6. The average Bonchev–Trinajstić information content (AvgIpc) is 3.27. The standard InChI is InChI=1S/C15H20N2O3/c1-2-11-3-7-13(8-4-11)20-10-15(19)16-9-14(18)17-12-5-6-12/h3-4,7-8,12H,2,5-6,9-10H2,1H3,(H,16,19)(H,17,18). The number of rotatable bonds is 7. The van der Waals surface area contributed by atoms with E-state index < -0.39 is 0 Å². The lowest BCUT2D eigenvalue weighted by molar-refractivity contribution is -0.127. The van der Waals surface area contributed by atoms with E-state index in [0.29, 0.717) is 11.8 Å². The maximum Gasteiger partial charge on any atom is 0.258 e. The normalized spacial score (nSPS) is 13.7. The highest BCUT2D eigenvalue weighted by Crippen LogP contribution is 2.18. The Morgan fingerprint density at radius 3 is 2.50 bits per heavy atom. The number of nitrogens with one attached hydrogen (secondary N) is 2. The van der Waals surface area contributed by atoms with E-state index in [9.17, 15) is 9.59 Å². The van der Waals surface area contributed by atoms with Crippen LogP contribution in [0.25, 0.3) is 0 Å². The Bertz CT molecular complexity index is 467. The second-order valence-corrected chi connectivity index (χ2v) is 4.90. The molecule has 20 heavy (non-hydrogen) atoms. The molecule has 1 aliphatic rings. The van der Waals surface area contributed by atoms with E-state index in [1.54, 1.807) is 0 Å². The first-order valence-electron chi connectivity index (χ1n) is 6.95. The van der Waals surface area contributed by atoms with Gasteiger partial charge >= 0.3 is 0 Å². The molecule has 0 spiro atoms. The van der Waals surface area contributed by atoms with Crippen molar-refractivity contribution in [3.05, 3.63) is 29.8 Å². The van der Waals surface area contributed by atoms with Gasteiger partial charge in [-0.3, -0.25) is 9.59 Å². The predicted octanol–water partition coefficient (Wildman–Crippen LogP) is 1.02. The van der Waals surface area contributed by atoms with Gasteiger partial charge in [0.05, 0.1) is 6.54 Å². The van der Waals surface area contributed by atoms with Gasteiger partial charge in [-0.25, -0.2) is 0 Å². The van der Waals surface area contributed by atoms with Gasteiger partial charge in [0.2, 0.25) is 5.91 Å². The Hall–Kier alpha value is -2.04. The molecular formula is C15H20N2O3. The summed E-state index contributed by atoms with van der Waals surface area (Å²) in [5, 5.41) is 5.33. The number of carbonyl (C=O) groups is 2. The van der Waals surface area contributed by atoms with E-state index in [1.165, 1.54) is 5.56 Å². The number of benzene rings is 1. The zero-order valence-electron chi connectivity index (χ0n) is 11.6.